The van der Waals surface area contributed by atoms with Crippen molar-refractivity contribution in [2.75, 3.05) is 19.6 Å². The molecule has 1 aromatic rings. The first-order valence-corrected chi connectivity index (χ1v) is 11.2. The minimum atomic E-state index is -0.0790. The lowest BCUT2D eigenvalue weighted by atomic mass is 9.49. The van der Waals surface area contributed by atoms with Crippen LogP contribution in [0.4, 0.5) is 0 Å². The highest BCUT2D eigenvalue weighted by atomic mass is 16.2. The largest absolute Gasteiger partial charge is 0.355 e. The van der Waals surface area contributed by atoms with Crippen molar-refractivity contribution in [3.8, 4) is 0 Å². The van der Waals surface area contributed by atoms with Crippen LogP contribution < -0.4 is 5.32 Å². The smallest absolute Gasteiger partial charge is 0.226 e. The zero-order valence-corrected chi connectivity index (χ0v) is 16.7. The molecule has 150 valence electrons. The highest BCUT2D eigenvalue weighted by molar-refractivity contribution is 5.83. The summed E-state index contributed by atoms with van der Waals surface area (Å²) in [6.07, 6.45) is 8.89. The van der Waals surface area contributed by atoms with E-state index in [1.165, 1.54) is 24.8 Å². The van der Waals surface area contributed by atoms with Gasteiger partial charge in [-0.2, -0.15) is 0 Å². The van der Waals surface area contributed by atoms with E-state index in [1.807, 2.05) is 23.1 Å². The molecule has 0 radical (unpaired) electrons. The lowest BCUT2D eigenvalue weighted by Crippen LogP contribution is -2.54. The zero-order chi connectivity index (χ0) is 19.1. The van der Waals surface area contributed by atoms with E-state index in [9.17, 15) is 9.59 Å². The number of hydrogen-bond donors (Lipinski definition) is 1. The Morgan fingerprint density at radius 1 is 1.04 bits per heavy atom. The minimum absolute atomic E-state index is 0.0790. The summed E-state index contributed by atoms with van der Waals surface area (Å²) < 4.78 is 0. The summed E-state index contributed by atoms with van der Waals surface area (Å²) in [6, 6.07) is 10.3. The molecule has 5 fully saturated rings. The fourth-order valence-corrected chi connectivity index (χ4v) is 6.93. The van der Waals surface area contributed by atoms with Crippen LogP contribution in [0.3, 0.4) is 0 Å². The number of benzene rings is 1. The summed E-state index contributed by atoms with van der Waals surface area (Å²) in [5.41, 5.74) is 1.19. The van der Waals surface area contributed by atoms with Gasteiger partial charge in [-0.05, 0) is 68.3 Å². The second-order valence-electron chi connectivity index (χ2n) is 10.1. The molecule has 1 aliphatic heterocycles. The Bertz CT molecular complexity index is 709. The average Bonchev–Trinajstić information content (AvgIpc) is 3.04. The van der Waals surface area contributed by atoms with Crippen LogP contribution in [0, 0.1) is 29.1 Å². The molecule has 1 heterocycles. The van der Waals surface area contributed by atoms with Gasteiger partial charge in [0.1, 0.15) is 0 Å². The maximum atomic E-state index is 13.1. The molecule has 6 rings (SSSR count). The number of carbonyl (C=O) groups is 2. The Labute approximate surface area is 168 Å². The number of likely N-dealkylation sites (tertiary alicyclic amines) is 1. The zero-order valence-electron chi connectivity index (χ0n) is 16.7. The molecule has 4 bridgehead atoms. The summed E-state index contributed by atoms with van der Waals surface area (Å²) in [5.74, 6) is 3.17. The molecule has 4 aliphatic carbocycles. The molecular weight excluding hydrogens is 348 g/mol. The van der Waals surface area contributed by atoms with Gasteiger partial charge in [-0.25, -0.2) is 0 Å². The van der Waals surface area contributed by atoms with E-state index in [-0.39, 0.29) is 17.2 Å². The Kier molecular flexibility index (Phi) is 4.68. The van der Waals surface area contributed by atoms with Crippen molar-refractivity contribution in [2.45, 2.75) is 51.4 Å². The predicted octanol–water partition coefficient (Wildman–Crippen LogP) is 3.41. The van der Waals surface area contributed by atoms with E-state index in [4.69, 9.17) is 0 Å². The summed E-state index contributed by atoms with van der Waals surface area (Å²) in [6.45, 7) is 2.23. The van der Waals surface area contributed by atoms with Crippen LogP contribution in [0.2, 0.25) is 0 Å². The number of amides is 2. The van der Waals surface area contributed by atoms with Gasteiger partial charge < -0.3 is 10.2 Å². The molecule has 4 heteroatoms. The van der Waals surface area contributed by atoms with E-state index in [1.54, 1.807) is 0 Å². The molecule has 0 aromatic heterocycles. The van der Waals surface area contributed by atoms with Crippen molar-refractivity contribution in [1.82, 2.24) is 10.2 Å². The number of nitrogens with one attached hydrogen (secondary N) is 1. The minimum Gasteiger partial charge on any atom is -0.355 e. The molecular formula is C24H32N2O2. The van der Waals surface area contributed by atoms with Crippen LogP contribution >= 0.6 is 0 Å². The van der Waals surface area contributed by atoms with Gasteiger partial charge >= 0.3 is 0 Å². The topological polar surface area (TPSA) is 49.4 Å². The fraction of sp³-hybridized carbons (Fsp3) is 0.667. The quantitative estimate of drug-likeness (QED) is 0.822. The fourth-order valence-electron chi connectivity index (χ4n) is 6.93. The lowest BCUT2D eigenvalue weighted by molar-refractivity contribution is -0.146. The first-order valence-electron chi connectivity index (χ1n) is 11.2. The summed E-state index contributed by atoms with van der Waals surface area (Å²) in [7, 11) is 0. The Morgan fingerprint density at radius 2 is 1.68 bits per heavy atom. The van der Waals surface area contributed by atoms with Crippen molar-refractivity contribution < 1.29 is 9.59 Å². The van der Waals surface area contributed by atoms with Crippen molar-refractivity contribution in [3.05, 3.63) is 35.9 Å². The van der Waals surface area contributed by atoms with Crippen LogP contribution in [0.25, 0.3) is 0 Å². The molecule has 1 aromatic carbocycles. The summed E-state index contributed by atoms with van der Waals surface area (Å²) >= 11 is 0. The molecule has 4 nitrogen and oxygen atoms in total. The Morgan fingerprint density at radius 3 is 2.32 bits per heavy atom. The number of nitrogens with zero attached hydrogens (tertiary/aromatic N) is 1. The molecule has 2 amide bonds. The second-order valence-corrected chi connectivity index (χ2v) is 10.1. The monoisotopic (exact) mass is 380 g/mol. The Hall–Kier alpha value is -1.84. The van der Waals surface area contributed by atoms with Gasteiger partial charge in [-0.3, -0.25) is 9.59 Å². The van der Waals surface area contributed by atoms with Crippen molar-refractivity contribution >= 4 is 11.8 Å². The normalized spacial score (nSPS) is 36.1. The third-order valence-electron chi connectivity index (χ3n) is 7.88. The van der Waals surface area contributed by atoms with Crippen LogP contribution in [0.15, 0.2) is 30.3 Å². The molecule has 28 heavy (non-hydrogen) atoms. The number of hydrogen-bond acceptors (Lipinski definition) is 2. The van der Waals surface area contributed by atoms with Gasteiger partial charge in [0.2, 0.25) is 11.8 Å². The maximum Gasteiger partial charge on any atom is 0.226 e. The highest BCUT2D eigenvalue weighted by Crippen LogP contribution is 2.60. The highest BCUT2D eigenvalue weighted by Gasteiger charge is 2.54. The number of carbonyl (C=O) groups excluding carboxylic acids is 2. The average molecular weight is 381 g/mol. The van der Waals surface area contributed by atoms with Crippen molar-refractivity contribution in [2.24, 2.45) is 29.1 Å². The SMILES string of the molecule is O=C1CC(CNC(=O)C23CC4CC(CC(C4)C2)C3)CN1CCc1ccccc1. The van der Waals surface area contributed by atoms with E-state index < -0.39 is 0 Å². The summed E-state index contributed by atoms with van der Waals surface area (Å²) in [5, 5.41) is 3.28. The summed E-state index contributed by atoms with van der Waals surface area (Å²) in [4.78, 5) is 27.5. The van der Waals surface area contributed by atoms with Gasteiger partial charge in [0.15, 0.2) is 0 Å². The number of rotatable bonds is 6. The van der Waals surface area contributed by atoms with Crippen molar-refractivity contribution in [1.29, 1.82) is 0 Å². The van der Waals surface area contributed by atoms with Gasteiger partial charge in [0, 0.05) is 37.4 Å². The van der Waals surface area contributed by atoms with Gasteiger partial charge in [-0.1, -0.05) is 30.3 Å². The third-order valence-corrected chi connectivity index (χ3v) is 7.88. The van der Waals surface area contributed by atoms with Gasteiger partial charge in [-0.15, -0.1) is 0 Å². The molecule has 0 spiro atoms. The van der Waals surface area contributed by atoms with Crippen LogP contribution in [0.5, 0.6) is 0 Å². The molecule has 1 unspecified atom stereocenters. The molecule has 1 N–H and O–H groups in total. The van der Waals surface area contributed by atoms with Crippen LogP contribution in [-0.4, -0.2) is 36.3 Å². The van der Waals surface area contributed by atoms with Crippen LogP contribution in [0.1, 0.15) is 50.5 Å². The van der Waals surface area contributed by atoms with E-state index in [2.05, 4.69) is 17.4 Å². The molecule has 4 saturated carbocycles. The van der Waals surface area contributed by atoms with E-state index in [0.717, 1.165) is 56.5 Å². The second kappa shape index (κ2) is 7.20. The molecule has 1 saturated heterocycles. The van der Waals surface area contributed by atoms with Gasteiger partial charge in [0.05, 0.1) is 0 Å². The van der Waals surface area contributed by atoms with E-state index in [0.29, 0.717) is 18.9 Å². The first kappa shape index (κ1) is 18.2. The maximum absolute atomic E-state index is 13.1. The van der Waals surface area contributed by atoms with E-state index >= 15 is 0 Å². The Balaban J connectivity index is 1.12. The third kappa shape index (κ3) is 3.46. The lowest BCUT2D eigenvalue weighted by Gasteiger charge is -2.55. The van der Waals surface area contributed by atoms with Gasteiger partial charge in [0.25, 0.3) is 0 Å². The molecule has 1 atom stereocenters. The van der Waals surface area contributed by atoms with Crippen molar-refractivity contribution in [3.63, 3.8) is 0 Å². The first-order chi connectivity index (χ1) is 13.6. The predicted molar refractivity (Wildman–Crippen MR) is 108 cm³/mol. The standard InChI is InChI=1S/C24H32N2O2/c27-22-11-21(16-26(22)7-6-17-4-2-1-3-5-17)15-25-23(28)24-12-18-8-19(13-24)10-20(9-18)14-24/h1-5,18-21H,6-16H2,(H,25,28). The van der Waals surface area contributed by atoms with Crippen LogP contribution in [-0.2, 0) is 16.0 Å². The molecule has 5 aliphatic rings.